The van der Waals surface area contributed by atoms with Gasteiger partial charge in [-0.05, 0) is 40.7 Å². The van der Waals surface area contributed by atoms with E-state index in [1.54, 1.807) is 6.26 Å². The standard InChI is InChI=1S/C15H27NO3/c1-12(2)18-9-8-17-11-13-6-7-19-14(13)10-16-15(3,4)5/h6-7,12,16H,8-11H2,1-5H3. The lowest BCUT2D eigenvalue weighted by Gasteiger charge is -2.20. The van der Waals surface area contributed by atoms with Crippen LogP contribution >= 0.6 is 0 Å². The second-order valence-corrected chi connectivity index (χ2v) is 5.94. The molecule has 0 fully saturated rings. The molecular formula is C15H27NO3. The number of hydrogen-bond acceptors (Lipinski definition) is 4. The second-order valence-electron chi connectivity index (χ2n) is 5.94. The van der Waals surface area contributed by atoms with E-state index in [9.17, 15) is 0 Å². The largest absolute Gasteiger partial charge is 0.468 e. The highest BCUT2D eigenvalue weighted by Crippen LogP contribution is 2.13. The zero-order valence-corrected chi connectivity index (χ0v) is 12.8. The number of hydrogen-bond donors (Lipinski definition) is 1. The molecule has 0 aliphatic rings. The molecule has 0 aromatic carbocycles. The van der Waals surface area contributed by atoms with Gasteiger partial charge in [0, 0.05) is 11.1 Å². The van der Waals surface area contributed by atoms with Crippen molar-refractivity contribution in [3.05, 3.63) is 23.7 Å². The average molecular weight is 269 g/mol. The number of ether oxygens (including phenoxy) is 2. The third-order valence-electron chi connectivity index (χ3n) is 2.55. The van der Waals surface area contributed by atoms with Crippen molar-refractivity contribution in [2.75, 3.05) is 13.2 Å². The van der Waals surface area contributed by atoms with E-state index in [0.717, 1.165) is 17.9 Å². The third kappa shape index (κ3) is 7.35. The zero-order chi connectivity index (χ0) is 14.3. The Labute approximate surface area is 116 Å². The maximum absolute atomic E-state index is 5.59. The fraction of sp³-hybridized carbons (Fsp3) is 0.733. The molecule has 110 valence electrons. The van der Waals surface area contributed by atoms with Crippen molar-refractivity contribution in [1.82, 2.24) is 5.32 Å². The molecule has 0 atom stereocenters. The predicted octanol–water partition coefficient (Wildman–Crippen LogP) is 3.11. The molecule has 0 saturated carbocycles. The van der Waals surface area contributed by atoms with Crippen LogP contribution in [0.25, 0.3) is 0 Å². The van der Waals surface area contributed by atoms with Crippen molar-refractivity contribution in [3.63, 3.8) is 0 Å². The minimum absolute atomic E-state index is 0.0794. The number of rotatable bonds is 8. The summed E-state index contributed by atoms with van der Waals surface area (Å²) < 4.78 is 16.5. The molecule has 19 heavy (non-hydrogen) atoms. The topological polar surface area (TPSA) is 43.6 Å². The molecule has 0 aliphatic carbocycles. The highest BCUT2D eigenvalue weighted by atomic mass is 16.5. The van der Waals surface area contributed by atoms with Crippen LogP contribution in [-0.2, 0) is 22.6 Å². The van der Waals surface area contributed by atoms with Crippen LogP contribution in [0.1, 0.15) is 45.9 Å². The molecule has 0 spiro atoms. The lowest BCUT2D eigenvalue weighted by molar-refractivity contribution is 0.0139. The summed E-state index contributed by atoms with van der Waals surface area (Å²) in [5.41, 5.74) is 1.18. The van der Waals surface area contributed by atoms with Gasteiger partial charge in [-0.3, -0.25) is 0 Å². The Kier molecular flexibility index (Phi) is 6.55. The molecule has 1 aromatic heterocycles. The van der Waals surface area contributed by atoms with E-state index >= 15 is 0 Å². The fourth-order valence-electron chi connectivity index (χ4n) is 1.52. The summed E-state index contributed by atoms with van der Waals surface area (Å²) in [4.78, 5) is 0. The average Bonchev–Trinajstić information content (AvgIpc) is 2.72. The summed E-state index contributed by atoms with van der Waals surface area (Å²) in [7, 11) is 0. The molecule has 0 saturated heterocycles. The normalized spacial score (nSPS) is 12.3. The molecule has 0 aliphatic heterocycles. The smallest absolute Gasteiger partial charge is 0.123 e. The lowest BCUT2D eigenvalue weighted by atomic mass is 10.1. The number of nitrogens with one attached hydrogen (secondary N) is 1. The van der Waals surface area contributed by atoms with Crippen molar-refractivity contribution in [3.8, 4) is 0 Å². The first-order valence-corrected chi connectivity index (χ1v) is 6.88. The fourth-order valence-corrected chi connectivity index (χ4v) is 1.52. The molecule has 1 rings (SSSR count). The Morgan fingerprint density at radius 1 is 1.26 bits per heavy atom. The minimum atomic E-state index is 0.0794. The van der Waals surface area contributed by atoms with Crippen molar-refractivity contribution in [2.24, 2.45) is 0 Å². The van der Waals surface area contributed by atoms with Crippen LogP contribution in [0.4, 0.5) is 0 Å². The van der Waals surface area contributed by atoms with Crippen LogP contribution in [0.5, 0.6) is 0 Å². The van der Waals surface area contributed by atoms with Gasteiger partial charge in [0.25, 0.3) is 0 Å². The Hall–Kier alpha value is -0.840. The lowest BCUT2D eigenvalue weighted by Crippen LogP contribution is -2.35. The van der Waals surface area contributed by atoms with Gasteiger partial charge < -0.3 is 19.2 Å². The molecule has 0 radical (unpaired) electrons. The first-order chi connectivity index (χ1) is 8.88. The van der Waals surface area contributed by atoms with Crippen molar-refractivity contribution >= 4 is 0 Å². The molecule has 0 bridgehead atoms. The van der Waals surface area contributed by atoms with Gasteiger partial charge in [-0.2, -0.15) is 0 Å². The van der Waals surface area contributed by atoms with Gasteiger partial charge in [0.2, 0.25) is 0 Å². The van der Waals surface area contributed by atoms with Gasteiger partial charge in [0.15, 0.2) is 0 Å². The predicted molar refractivity (Wildman–Crippen MR) is 76.0 cm³/mol. The summed E-state index contributed by atoms with van der Waals surface area (Å²) in [5, 5.41) is 3.41. The molecule has 1 heterocycles. The molecular weight excluding hydrogens is 242 g/mol. The second kappa shape index (κ2) is 7.68. The van der Waals surface area contributed by atoms with Crippen LogP contribution in [0.2, 0.25) is 0 Å². The van der Waals surface area contributed by atoms with Gasteiger partial charge in [0.05, 0.1) is 38.7 Å². The summed E-state index contributed by atoms with van der Waals surface area (Å²) in [6.45, 7) is 13.0. The van der Waals surface area contributed by atoms with Gasteiger partial charge in [0.1, 0.15) is 5.76 Å². The SMILES string of the molecule is CC(C)OCCOCc1ccoc1CNC(C)(C)C. The van der Waals surface area contributed by atoms with Crippen molar-refractivity contribution < 1.29 is 13.9 Å². The maximum Gasteiger partial charge on any atom is 0.123 e. The third-order valence-corrected chi connectivity index (χ3v) is 2.55. The van der Waals surface area contributed by atoms with E-state index in [2.05, 4.69) is 26.1 Å². The van der Waals surface area contributed by atoms with Crippen LogP contribution < -0.4 is 5.32 Å². The van der Waals surface area contributed by atoms with Crippen molar-refractivity contribution in [2.45, 2.75) is 59.4 Å². The highest BCUT2D eigenvalue weighted by Gasteiger charge is 2.12. The van der Waals surface area contributed by atoms with Gasteiger partial charge >= 0.3 is 0 Å². The Balaban J connectivity index is 2.28. The molecule has 4 heteroatoms. The number of furan rings is 1. The summed E-state index contributed by atoms with van der Waals surface area (Å²) in [6.07, 6.45) is 1.97. The van der Waals surface area contributed by atoms with Crippen LogP contribution in [0, 0.1) is 0 Å². The quantitative estimate of drug-likeness (QED) is 0.736. The molecule has 1 N–H and O–H groups in total. The monoisotopic (exact) mass is 269 g/mol. The summed E-state index contributed by atoms with van der Waals surface area (Å²) in [6, 6.07) is 1.96. The summed E-state index contributed by atoms with van der Waals surface area (Å²) in [5.74, 6) is 0.944. The van der Waals surface area contributed by atoms with Gasteiger partial charge in [-0.25, -0.2) is 0 Å². The molecule has 4 nitrogen and oxygen atoms in total. The van der Waals surface area contributed by atoms with E-state index in [-0.39, 0.29) is 11.6 Å². The first kappa shape index (κ1) is 16.2. The van der Waals surface area contributed by atoms with E-state index in [4.69, 9.17) is 13.9 Å². The Bertz CT molecular complexity index is 353. The first-order valence-electron chi connectivity index (χ1n) is 6.88. The van der Waals surface area contributed by atoms with Gasteiger partial charge in [-0.1, -0.05) is 0 Å². The van der Waals surface area contributed by atoms with Gasteiger partial charge in [-0.15, -0.1) is 0 Å². The van der Waals surface area contributed by atoms with E-state index in [1.165, 1.54) is 0 Å². The minimum Gasteiger partial charge on any atom is -0.468 e. The Morgan fingerprint density at radius 2 is 2.00 bits per heavy atom. The van der Waals surface area contributed by atoms with Crippen LogP contribution in [-0.4, -0.2) is 24.9 Å². The van der Waals surface area contributed by atoms with E-state index in [1.807, 2.05) is 19.9 Å². The molecule has 0 amide bonds. The van der Waals surface area contributed by atoms with E-state index in [0.29, 0.717) is 19.8 Å². The zero-order valence-electron chi connectivity index (χ0n) is 12.8. The van der Waals surface area contributed by atoms with Crippen LogP contribution in [0.15, 0.2) is 16.7 Å². The molecule has 1 aromatic rings. The summed E-state index contributed by atoms with van der Waals surface area (Å²) >= 11 is 0. The maximum atomic E-state index is 5.59. The van der Waals surface area contributed by atoms with E-state index < -0.39 is 0 Å². The van der Waals surface area contributed by atoms with Crippen molar-refractivity contribution in [1.29, 1.82) is 0 Å². The highest BCUT2D eigenvalue weighted by molar-refractivity contribution is 5.16. The van der Waals surface area contributed by atoms with Crippen LogP contribution in [0.3, 0.4) is 0 Å². The Morgan fingerprint density at radius 3 is 2.63 bits per heavy atom. The molecule has 0 unspecified atom stereocenters.